The van der Waals surface area contributed by atoms with Gasteiger partial charge in [0.2, 0.25) is 0 Å². The summed E-state index contributed by atoms with van der Waals surface area (Å²) in [6, 6.07) is 9.04. The van der Waals surface area contributed by atoms with Gasteiger partial charge in [-0.2, -0.15) is 0 Å². The molecule has 2 heterocycles. The number of hydrogen-bond acceptors (Lipinski definition) is 5. The molecule has 1 aliphatic rings. The third-order valence-corrected chi connectivity index (χ3v) is 6.92. The molecule has 3 aromatic rings. The molecular weight excluding hydrogens is 475 g/mol. The molecule has 1 saturated heterocycles. The van der Waals surface area contributed by atoms with Gasteiger partial charge in [0, 0.05) is 30.4 Å². The summed E-state index contributed by atoms with van der Waals surface area (Å²) in [5, 5.41) is 1.20. The number of nitrogens with zero attached hydrogens (tertiary/aromatic N) is 1. The van der Waals surface area contributed by atoms with Crippen molar-refractivity contribution in [1.29, 1.82) is 0 Å². The molecule has 7 nitrogen and oxygen atoms in total. The number of ether oxygens (including phenoxy) is 2. The van der Waals surface area contributed by atoms with Gasteiger partial charge in [-0.3, -0.25) is 14.4 Å². The highest BCUT2D eigenvalue weighted by atomic mass is 35.5. The van der Waals surface area contributed by atoms with E-state index in [1.165, 1.54) is 25.4 Å². The summed E-state index contributed by atoms with van der Waals surface area (Å²) < 4.78 is 24.3. The second kappa shape index (κ2) is 9.70. The number of nitrogens with one attached hydrogen (secondary N) is 1. The van der Waals surface area contributed by atoms with Crippen LogP contribution < -0.4 is 10.3 Å². The van der Waals surface area contributed by atoms with Crippen molar-refractivity contribution < 1.29 is 23.5 Å². The van der Waals surface area contributed by atoms with Crippen LogP contribution in [0.2, 0.25) is 5.02 Å². The molecule has 9 heteroatoms. The van der Waals surface area contributed by atoms with Gasteiger partial charge in [0.05, 0.1) is 22.9 Å². The SMILES string of the molecule is COC(=O)C1(C)CCN(C(=O)[C@@H](C)Oc2ccc3c(-c4ccc(F)cc4Cl)c[nH]c(=O)c3c2)CC1. The summed E-state index contributed by atoms with van der Waals surface area (Å²) in [6.45, 7) is 4.36. The number of fused-ring (bicyclic) bond motifs is 1. The lowest BCUT2D eigenvalue weighted by molar-refractivity contribution is -0.157. The Morgan fingerprint density at radius 3 is 2.49 bits per heavy atom. The van der Waals surface area contributed by atoms with Crippen molar-refractivity contribution in [2.45, 2.75) is 32.8 Å². The first-order valence-electron chi connectivity index (χ1n) is 11.3. The molecule has 1 aromatic heterocycles. The number of hydrogen-bond donors (Lipinski definition) is 1. The molecule has 1 amide bonds. The molecule has 1 aliphatic heterocycles. The lowest BCUT2D eigenvalue weighted by Gasteiger charge is -2.38. The Bertz CT molecular complexity index is 1350. The molecular formula is C26H26ClFN2O5. The molecule has 184 valence electrons. The van der Waals surface area contributed by atoms with Crippen LogP contribution in [0.1, 0.15) is 26.7 Å². The maximum atomic E-state index is 13.5. The number of aromatic amines is 1. The average molecular weight is 501 g/mol. The van der Waals surface area contributed by atoms with Crippen molar-refractivity contribution in [2.24, 2.45) is 5.41 Å². The molecule has 1 atom stereocenters. The zero-order chi connectivity index (χ0) is 25.3. The Labute approximate surface area is 206 Å². The molecule has 0 saturated carbocycles. The average Bonchev–Trinajstić information content (AvgIpc) is 2.84. The lowest BCUT2D eigenvalue weighted by Crippen LogP contribution is -2.49. The number of amides is 1. The molecule has 35 heavy (non-hydrogen) atoms. The number of pyridine rings is 1. The number of esters is 1. The molecule has 0 spiro atoms. The fraction of sp³-hybridized carbons (Fsp3) is 0.346. The molecule has 0 bridgehead atoms. The fourth-order valence-electron chi connectivity index (χ4n) is 4.43. The lowest BCUT2D eigenvalue weighted by atomic mass is 9.80. The summed E-state index contributed by atoms with van der Waals surface area (Å²) in [7, 11) is 1.37. The first-order chi connectivity index (χ1) is 16.6. The number of aromatic nitrogens is 1. The fourth-order valence-corrected chi connectivity index (χ4v) is 4.70. The van der Waals surface area contributed by atoms with Gasteiger partial charge in [0.25, 0.3) is 11.5 Å². The van der Waals surface area contributed by atoms with Crippen LogP contribution in [0.15, 0.2) is 47.4 Å². The third kappa shape index (κ3) is 4.89. The molecule has 0 unspecified atom stereocenters. The topological polar surface area (TPSA) is 88.7 Å². The van der Waals surface area contributed by atoms with Crippen molar-refractivity contribution in [3.63, 3.8) is 0 Å². The van der Waals surface area contributed by atoms with Crippen molar-refractivity contribution in [3.05, 3.63) is 63.8 Å². The monoisotopic (exact) mass is 500 g/mol. The third-order valence-electron chi connectivity index (χ3n) is 6.61. The molecule has 1 N–H and O–H groups in total. The van der Waals surface area contributed by atoms with Crippen LogP contribution in [-0.2, 0) is 14.3 Å². The highest BCUT2D eigenvalue weighted by molar-refractivity contribution is 6.33. The number of rotatable bonds is 5. The maximum Gasteiger partial charge on any atom is 0.311 e. The summed E-state index contributed by atoms with van der Waals surface area (Å²) in [5.41, 5.74) is 0.294. The van der Waals surface area contributed by atoms with Crippen LogP contribution in [0.25, 0.3) is 21.9 Å². The van der Waals surface area contributed by atoms with E-state index >= 15 is 0 Å². The molecule has 4 rings (SSSR count). The normalized spacial score (nSPS) is 16.1. The van der Waals surface area contributed by atoms with E-state index in [0.717, 1.165) is 0 Å². The number of piperidine rings is 1. The summed E-state index contributed by atoms with van der Waals surface area (Å²) in [4.78, 5) is 41.9. The van der Waals surface area contributed by atoms with Crippen LogP contribution in [-0.4, -0.2) is 48.1 Å². The Balaban J connectivity index is 1.53. The first-order valence-corrected chi connectivity index (χ1v) is 11.7. The van der Waals surface area contributed by atoms with Gasteiger partial charge in [-0.05, 0) is 68.5 Å². The summed E-state index contributed by atoms with van der Waals surface area (Å²) in [6.07, 6.45) is 1.77. The number of carbonyl (C=O) groups excluding carboxylic acids is 2. The zero-order valence-corrected chi connectivity index (χ0v) is 20.4. The minimum atomic E-state index is -0.788. The van der Waals surface area contributed by atoms with Gasteiger partial charge in [-0.25, -0.2) is 4.39 Å². The van der Waals surface area contributed by atoms with Crippen LogP contribution in [0.5, 0.6) is 5.75 Å². The Hall–Kier alpha value is -3.39. The van der Waals surface area contributed by atoms with E-state index in [9.17, 15) is 18.8 Å². The number of H-pyrrole nitrogens is 1. The molecule has 0 aliphatic carbocycles. The van der Waals surface area contributed by atoms with Gasteiger partial charge >= 0.3 is 5.97 Å². The van der Waals surface area contributed by atoms with E-state index in [4.69, 9.17) is 21.1 Å². The van der Waals surface area contributed by atoms with Gasteiger partial charge in [0.15, 0.2) is 6.10 Å². The Kier molecular flexibility index (Phi) is 6.85. The van der Waals surface area contributed by atoms with Crippen molar-refractivity contribution in [1.82, 2.24) is 9.88 Å². The Morgan fingerprint density at radius 1 is 1.11 bits per heavy atom. The van der Waals surface area contributed by atoms with Crippen molar-refractivity contribution in [3.8, 4) is 16.9 Å². The standard InChI is InChI=1S/C26H26ClFN2O5/c1-15(24(32)30-10-8-26(2,9-11-30)25(33)34-3)35-17-5-7-18-20(13-17)23(31)29-14-21(18)19-6-4-16(28)12-22(19)27/h4-7,12-15H,8-11H2,1-3H3,(H,29,31)/t15-/m1/s1. The highest BCUT2D eigenvalue weighted by Crippen LogP contribution is 2.34. The molecule has 2 aromatic carbocycles. The number of likely N-dealkylation sites (tertiary alicyclic amines) is 1. The smallest absolute Gasteiger partial charge is 0.311 e. The highest BCUT2D eigenvalue weighted by Gasteiger charge is 2.39. The number of benzene rings is 2. The number of carbonyl (C=O) groups is 2. The van der Waals surface area contributed by atoms with Crippen molar-refractivity contribution >= 4 is 34.2 Å². The molecule has 1 fully saturated rings. The zero-order valence-electron chi connectivity index (χ0n) is 19.7. The van der Waals surface area contributed by atoms with Crippen molar-refractivity contribution in [2.75, 3.05) is 20.2 Å². The van der Waals surface area contributed by atoms with Gasteiger partial charge in [-0.1, -0.05) is 11.6 Å². The minimum absolute atomic E-state index is 0.197. The van der Waals surface area contributed by atoms with Gasteiger partial charge in [0.1, 0.15) is 11.6 Å². The summed E-state index contributed by atoms with van der Waals surface area (Å²) in [5.74, 6) is -0.553. The van der Waals surface area contributed by atoms with Crippen LogP contribution >= 0.6 is 11.6 Å². The van der Waals surface area contributed by atoms with E-state index in [-0.39, 0.29) is 22.5 Å². The summed E-state index contributed by atoms with van der Waals surface area (Å²) >= 11 is 6.23. The predicted molar refractivity (Wildman–Crippen MR) is 131 cm³/mol. The van der Waals surface area contributed by atoms with Crippen LogP contribution in [0.4, 0.5) is 4.39 Å². The van der Waals surface area contributed by atoms with E-state index in [1.54, 1.807) is 36.1 Å². The maximum absolute atomic E-state index is 13.5. The predicted octanol–water partition coefficient (Wildman–Crippen LogP) is 4.56. The van der Waals surface area contributed by atoms with E-state index in [2.05, 4.69) is 4.98 Å². The van der Waals surface area contributed by atoms with Gasteiger partial charge < -0.3 is 19.4 Å². The first kappa shape index (κ1) is 24.7. The second-order valence-electron chi connectivity index (χ2n) is 9.00. The largest absolute Gasteiger partial charge is 0.481 e. The second-order valence-corrected chi connectivity index (χ2v) is 9.41. The number of methoxy groups -OCH3 is 1. The van der Waals surface area contributed by atoms with E-state index in [1.807, 2.05) is 6.92 Å². The minimum Gasteiger partial charge on any atom is -0.481 e. The van der Waals surface area contributed by atoms with Crippen LogP contribution in [0, 0.1) is 11.2 Å². The van der Waals surface area contributed by atoms with E-state index in [0.29, 0.717) is 53.6 Å². The quantitative estimate of drug-likeness (QED) is 0.519. The Morgan fingerprint density at radius 2 is 1.83 bits per heavy atom. The number of halogens is 2. The van der Waals surface area contributed by atoms with E-state index < -0.39 is 17.3 Å². The van der Waals surface area contributed by atoms with Crippen LogP contribution in [0.3, 0.4) is 0 Å². The molecule has 0 radical (unpaired) electrons. The van der Waals surface area contributed by atoms with Gasteiger partial charge in [-0.15, -0.1) is 0 Å².